The first-order valence-electron chi connectivity index (χ1n) is 6.31. The zero-order valence-electron chi connectivity index (χ0n) is 11.1. The van der Waals surface area contributed by atoms with Crippen molar-refractivity contribution in [1.29, 1.82) is 0 Å². The Labute approximate surface area is 116 Å². The third kappa shape index (κ3) is 3.06. The minimum Gasteiger partial charge on any atom is -0.397 e. The minimum atomic E-state index is -0.379. The van der Waals surface area contributed by atoms with E-state index in [2.05, 4.69) is 10.6 Å². The molecule has 0 radical (unpaired) electrons. The number of carbonyl (C=O) groups is 1. The summed E-state index contributed by atoms with van der Waals surface area (Å²) in [6.45, 7) is 2.38. The van der Waals surface area contributed by atoms with Crippen molar-refractivity contribution in [3.63, 3.8) is 0 Å². The van der Waals surface area contributed by atoms with Gasteiger partial charge in [0.25, 0.3) is 5.91 Å². The van der Waals surface area contributed by atoms with E-state index in [1.807, 2.05) is 6.92 Å². The lowest BCUT2D eigenvalue weighted by atomic mass is 10.1. The van der Waals surface area contributed by atoms with Crippen molar-refractivity contribution in [2.45, 2.75) is 6.92 Å². The van der Waals surface area contributed by atoms with Crippen LogP contribution in [0.1, 0.15) is 17.3 Å². The Hall–Kier alpha value is -2.56. The summed E-state index contributed by atoms with van der Waals surface area (Å²) in [6, 6.07) is 11.1. The average molecular weight is 273 g/mol. The summed E-state index contributed by atoms with van der Waals surface area (Å²) in [4.78, 5) is 11.8. The molecule has 0 aliphatic heterocycles. The molecular formula is C15H16FN3O. The normalized spacial score (nSPS) is 10.1. The number of anilines is 3. The maximum Gasteiger partial charge on any atom is 0.251 e. The summed E-state index contributed by atoms with van der Waals surface area (Å²) in [5.74, 6) is -0.570. The highest BCUT2D eigenvalue weighted by Gasteiger charge is 2.09. The Bertz CT molecular complexity index is 628. The van der Waals surface area contributed by atoms with E-state index < -0.39 is 0 Å². The van der Waals surface area contributed by atoms with Gasteiger partial charge in [0.2, 0.25) is 0 Å². The molecule has 0 saturated heterocycles. The molecular weight excluding hydrogens is 257 g/mol. The lowest BCUT2D eigenvalue weighted by Crippen LogP contribution is -2.22. The zero-order valence-corrected chi connectivity index (χ0v) is 11.1. The molecule has 0 heterocycles. The number of nitrogens with two attached hydrogens (primary N) is 1. The van der Waals surface area contributed by atoms with Crippen molar-refractivity contribution in [3.8, 4) is 0 Å². The zero-order chi connectivity index (χ0) is 14.5. The second-order valence-electron chi connectivity index (χ2n) is 4.27. The Balaban J connectivity index is 2.30. The maximum absolute atomic E-state index is 13.6. The summed E-state index contributed by atoms with van der Waals surface area (Å²) in [5.41, 5.74) is 7.57. The largest absolute Gasteiger partial charge is 0.397 e. The van der Waals surface area contributed by atoms with Gasteiger partial charge in [-0.05, 0) is 37.3 Å². The van der Waals surface area contributed by atoms with Crippen LogP contribution in [0.25, 0.3) is 0 Å². The molecule has 0 unspecified atom stereocenters. The van der Waals surface area contributed by atoms with Gasteiger partial charge in [0.1, 0.15) is 5.82 Å². The van der Waals surface area contributed by atoms with Crippen LogP contribution in [0.15, 0.2) is 42.5 Å². The molecule has 5 heteroatoms. The van der Waals surface area contributed by atoms with Gasteiger partial charge in [0.15, 0.2) is 0 Å². The number of hydrogen-bond donors (Lipinski definition) is 3. The molecule has 2 aromatic rings. The van der Waals surface area contributed by atoms with Crippen molar-refractivity contribution in [3.05, 3.63) is 53.8 Å². The van der Waals surface area contributed by atoms with Crippen LogP contribution in [0.2, 0.25) is 0 Å². The van der Waals surface area contributed by atoms with Crippen LogP contribution >= 0.6 is 0 Å². The number of hydrogen-bond acceptors (Lipinski definition) is 3. The van der Waals surface area contributed by atoms with E-state index in [-0.39, 0.29) is 11.7 Å². The molecule has 2 aromatic carbocycles. The highest BCUT2D eigenvalue weighted by Crippen LogP contribution is 2.25. The van der Waals surface area contributed by atoms with Crippen LogP contribution in [-0.4, -0.2) is 12.5 Å². The number of para-hydroxylation sites is 1. The van der Waals surface area contributed by atoms with Crippen LogP contribution in [0, 0.1) is 5.82 Å². The number of amides is 1. The van der Waals surface area contributed by atoms with Gasteiger partial charge in [-0.3, -0.25) is 4.79 Å². The molecule has 4 nitrogen and oxygen atoms in total. The van der Waals surface area contributed by atoms with Gasteiger partial charge in [-0.15, -0.1) is 0 Å². The van der Waals surface area contributed by atoms with E-state index in [4.69, 9.17) is 5.73 Å². The van der Waals surface area contributed by atoms with Crippen LogP contribution < -0.4 is 16.4 Å². The van der Waals surface area contributed by atoms with Crippen LogP contribution in [-0.2, 0) is 0 Å². The third-order valence-electron chi connectivity index (χ3n) is 2.80. The van der Waals surface area contributed by atoms with Crippen LogP contribution in [0.5, 0.6) is 0 Å². The average Bonchev–Trinajstić information content (AvgIpc) is 2.44. The second-order valence-corrected chi connectivity index (χ2v) is 4.27. The third-order valence-corrected chi connectivity index (χ3v) is 2.80. The fourth-order valence-corrected chi connectivity index (χ4v) is 1.78. The molecule has 0 bridgehead atoms. The lowest BCUT2D eigenvalue weighted by molar-refractivity contribution is 0.0956. The van der Waals surface area contributed by atoms with Gasteiger partial charge in [-0.2, -0.15) is 0 Å². The summed E-state index contributed by atoms with van der Waals surface area (Å²) in [6.07, 6.45) is 0. The SMILES string of the molecule is CCNC(=O)c1ccc(N)c(Nc2ccccc2F)c1. The standard InChI is InChI=1S/C15H16FN3O/c1-2-18-15(20)10-7-8-12(17)14(9-10)19-13-6-4-3-5-11(13)16/h3-9,19H,2,17H2,1H3,(H,18,20). The first-order valence-corrected chi connectivity index (χ1v) is 6.31. The lowest BCUT2D eigenvalue weighted by Gasteiger charge is -2.12. The van der Waals surface area contributed by atoms with Crippen molar-refractivity contribution < 1.29 is 9.18 Å². The van der Waals surface area contributed by atoms with E-state index in [0.29, 0.717) is 29.2 Å². The predicted octanol–water partition coefficient (Wildman–Crippen LogP) is 2.90. The van der Waals surface area contributed by atoms with E-state index in [0.717, 1.165) is 0 Å². The van der Waals surface area contributed by atoms with E-state index in [9.17, 15) is 9.18 Å². The van der Waals surface area contributed by atoms with E-state index in [1.165, 1.54) is 6.07 Å². The number of rotatable bonds is 4. The molecule has 4 N–H and O–H groups in total. The first-order chi connectivity index (χ1) is 9.61. The van der Waals surface area contributed by atoms with Gasteiger partial charge in [0, 0.05) is 12.1 Å². The quantitative estimate of drug-likeness (QED) is 0.750. The predicted molar refractivity (Wildman–Crippen MR) is 78.5 cm³/mol. The Morgan fingerprint density at radius 2 is 1.95 bits per heavy atom. The van der Waals surface area contributed by atoms with Gasteiger partial charge < -0.3 is 16.4 Å². The topological polar surface area (TPSA) is 67.2 Å². The number of halogens is 1. The summed E-state index contributed by atoms with van der Waals surface area (Å²) in [7, 11) is 0. The number of carbonyl (C=O) groups excluding carboxylic acids is 1. The molecule has 0 fully saturated rings. The minimum absolute atomic E-state index is 0.191. The molecule has 1 amide bonds. The maximum atomic E-state index is 13.6. The molecule has 0 aliphatic rings. The molecule has 0 saturated carbocycles. The Morgan fingerprint density at radius 1 is 1.20 bits per heavy atom. The second kappa shape index (κ2) is 6.06. The molecule has 20 heavy (non-hydrogen) atoms. The molecule has 104 valence electrons. The summed E-state index contributed by atoms with van der Waals surface area (Å²) in [5, 5.41) is 5.60. The summed E-state index contributed by atoms with van der Waals surface area (Å²) < 4.78 is 13.6. The highest BCUT2D eigenvalue weighted by molar-refractivity contribution is 5.96. The first kappa shape index (κ1) is 13.9. The number of nitrogen functional groups attached to an aromatic ring is 1. The van der Waals surface area contributed by atoms with Gasteiger partial charge in [-0.25, -0.2) is 4.39 Å². The molecule has 2 rings (SSSR count). The fourth-order valence-electron chi connectivity index (χ4n) is 1.78. The fraction of sp³-hybridized carbons (Fsp3) is 0.133. The molecule has 0 atom stereocenters. The van der Waals surface area contributed by atoms with E-state index in [1.54, 1.807) is 36.4 Å². The van der Waals surface area contributed by atoms with Gasteiger partial charge >= 0.3 is 0 Å². The molecule has 0 spiro atoms. The van der Waals surface area contributed by atoms with Crippen LogP contribution in [0.3, 0.4) is 0 Å². The van der Waals surface area contributed by atoms with Crippen molar-refractivity contribution >= 4 is 23.0 Å². The van der Waals surface area contributed by atoms with Crippen LogP contribution in [0.4, 0.5) is 21.5 Å². The van der Waals surface area contributed by atoms with Crippen molar-refractivity contribution in [2.24, 2.45) is 0 Å². The van der Waals surface area contributed by atoms with E-state index >= 15 is 0 Å². The molecule has 0 aromatic heterocycles. The van der Waals surface area contributed by atoms with Gasteiger partial charge in [-0.1, -0.05) is 12.1 Å². The highest BCUT2D eigenvalue weighted by atomic mass is 19.1. The molecule has 0 aliphatic carbocycles. The summed E-state index contributed by atoms with van der Waals surface area (Å²) >= 11 is 0. The van der Waals surface area contributed by atoms with Gasteiger partial charge in [0.05, 0.1) is 17.1 Å². The Morgan fingerprint density at radius 3 is 2.65 bits per heavy atom. The monoisotopic (exact) mass is 273 g/mol. The number of nitrogens with one attached hydrogen (secondary N) is 2. The number of benzene rings is 2. The van der Waals surface area contributed by atoms with Crippen molar-refractivity contribution in [1.82, 2.24) is 5.32 Å². The Kier molecular flexibility index (Phi) is 4.20. The van der Waals surface area contributed by atoms with Crippen molar-refractivity contribution in [2.75, 3.05) is 17.6 Å². The smallest absolute Gasteiger partial charge is 0.251 e.